The minimum atomic E-state index is 0. The fourth-order valence-corrected chi connectivity index (χ4v) is 3.77. The van der Waals surface area contributed by atoms with Gasteiger partial charge in [-0.3, -0.25) is 9.69 Å². The molecule has 2 aliphatic heterocycles. The number of nitrogens with zero attached hydrogens (tertiary/aromatic N) is 1. The van der Waals surface area contributed by atoms with Crippen LogP contribution >= 0.6 is 24.8 Å². The third kappa shape index (κ3) is 6.34. The molecule has 0 aromatic carbocycles. The van der Waals surface area contributed by atoms with Crippen LogP contribution in [0.3, 0.4) is 0 Å². The number of amides is 1. The number of hydrogen-bond acceptors (Lipinski definition) is 4. The summed E-state index contributed by atoms with van der Waals surface area (Å²) in [5.41, 5.74) is 0. The van der Waals surface area contributed by atoms with Crippen LogP contribution in [0.15, 0.2) is 0 Å². The summed E-state index contributed by atoms with van der Waals surface area (Å²) in [6.45, 7) is 11.8. The molecule has 2 aliphatic rings. The zero-order chi connectivity index (χ0) is 15.9. The molecule has 144 valence electrons. The molecular formula is C17H35Cl2N3O2. The number of carbonyl (C=O) groups excluding carboxylic acids is 1. The standard InChI is InChI=1S/C17H33N3O2.2ClH/c1-4-14(5-2)16(20-8-10-22-11-9-20)17(21)19-15-6-7-18-12-13(15)3;;/h13-16,18H,4-12H2,1-3H3,(H,19,21);2*1H. The number of nitrogens with one attached hydrogen (secondary N) is 2. The predicted octanol–water partition coefficient (Wildman–Crippen LogP) is 2.08. The number of hydrogen-bond donors (Lipinski definition) is 2. The first-order chi connectivity index (χ1) is 10.7. The van der Waals surface area contributed by atoms with Crippen LogP contribution in [0.5, 0.6) is 0 Å². The molecule has 2 N–H and O–H groups in total. The van der Waals surface area contributed by atoms with Gasteiger partial charge in [0, 0.05) is 19.1 Å². The molecule has 5 nitrogen and oxygen atoms in total. The molecule has 7 heteroatoms. The molecule has 3 atom stereocenters. The van der Waals surface area contributed by atoms with Gasteiger partial charge in [0.2, 0.25) is 5.91 Å². The van der Waals surface area contributed by atoms with Crippen molar-refractivity contribution in [2.24, 2.45) is 11.8 Å². The Morgan fingerprint density at radius 3 is 2.42 bits per heavy atom. The summed E-state index contributed by atoms with van der Waals surface area (Å²) in [4.78, 5) is 15.3. The number of rotatable bonds is 6. The largest absolute Gasteiger partial charge is 0.379 e. The maximum Gasteiger partial charge on any atom is 0.237 e. The Labute approximate surface area is 159 Å². The Bertz CT molecular complexity index is 351. The van der Waals surface area contributed by atoms with E-state index in [0.717, 1.165) is 58.7 Å². The van der Waals surface area contributed by atoms with E-state index >= 15 is 0 Å². The molecule has 2 heterocycles. The number of carbonyl (C=O) groups is 1. The van der Waals surface area contributed by atoms with Gasteiger partial charge in [0.05, 0.1) is 19.3 Å². The Balaban J connectivity index is 0.00000264. The van der Waals surface area contributed by atoms with E-state index in [1.54, 1.807) is 0 Å². The van der Waals surface area contributed by atoms with E-state index in [1.807, 2.05) is 0 Å². The zero-order valence-corrected chi connectivity index (χ0v) is 16.9. The van der Waals surface area contributed by atoms with Gasteiger partial charge < -0.3 is 15.4 Å². The molecule has 0 aromatic rings. The average molecular weight is 384 g/mol. The predicted molar refractivity (Wildman–Crippen MR) is 103 cm³/mol. The van der Waals surface area contributed by atoms with Gasteiger partial charge in [0.25, 0.3) is 0 Å². The summed E-state index contributed by atoms with van der Waals surface area (Å²) in [7, 11) is 0. The van der Waals surface area contributed by atoms with Crippen LogP contribution in [0.1, 0.15) is 40.0 Å². The maximum atomic E-state index is 13.0. The van der Waals surface area contributed by atoms with E-state index in [1.165, 1.54) is 0 Å². The maximum absolute atomic E-state index is 13.0. The third-order valence-corrected chi connectivity index (χ3v) is 5.32. The lowest BCUT2D eigenvalue weighted by molar-refractivity contribution is -0.132. The van der Waals surface area contributed by atoms with Crippen molar-refractivity contribution in [1.29, 1.82) is 0 Å². The molecule has 0 spiro atoms. The van der Waals surface area contributed by atoms with Gasteiger partial charge in [-0.1, -0.05) is 33.6 Å². The summed E-state index contributed by atoms with van der Waals surface area (Å²) in [5.74, 6) is 1.16. The second-order valence-corrected chi connectivity index (χ2v) is 6.75. The highest BCUT2D eigenvalue weighted by Crippen LogP contribution is 2.21. The van der Waals surface area contributed by atoms with Gasteiger partial charge in [0.15, 0.2) is 0 Å². The number of piperidine rings is 1. The summed E-state index contributed by atoms with van der Waals surface area (Å²) in [6.07, 6.45) is 3.13. The van der Waals surface area contributed by atoms with Crippen molar-refractivity contribution in [3.05, 3.63) is 0 Å². The molecule has 0 radical (unpaired) electrons. The highest BCUT2D eigenvalue weighted by molar-refractivity contribution is 5.85. The highest BCUT2D eigenvalue weighted by Gasteiger charge is 2.34. The Morgan fingerprint density at radius 2 is 1.88 bits per heavy atom. The van der Waals surface area contributed by atoms with Gasteiger partial charge in [-0.15, -0.1) is 24.8 Å². The molecule has 24 heavy (non-hydrogen) atoms. The Hall–Kier alpha value is -0.0700. The van der Waals surface area contributed by atoms with Crippen LogP contribution in [0, 0.1) is 11.8 Å². The van der Waals surface area contributed by atoms with Crippen molar-refractivity contribution in [3.8, 4) is 0 Å². The summed E-state index contributed by atoms with van der Waals surface area (Å²) in [6, 6.07) is 0.313. The fraction of sp³-hybridized carbons (Fsp3) is 0.941. The zero-order valence-electron chi connectivity index (χ0n) is 15.3. The Morgan fingerprint density at radius 1 is 1.25 bits per heavy atom. The lowest BCUT2D eigenvalue weighted by atomic mass is 9.90. The molecule has 2 rings (SSSR count). The number of morpholine rings is 1. The van der Waals surface area contributed by atoms with Gasteiger partial charge in [-0.2, -0.15) is 0 Å². The minimum Gasteiger partial charge on any atom is -0.379 e. The molecule has 0 saturated carbocycles. The normalized spacial score (nSPS) is 26.2. The van der Waals surface area contributed by atoms with Crippen molar-refractivity contribution in [2.45, 2.75) is 52.1 Å². The van der Waals surface area contributed by atoms with Gasteiger partial charge in [-0.05, 0) is 31.3 Å². The first-order valence-corrected chi connectivity index (χ1v) is 9.00. The molecule has 0 bridgehead atoms. The summed E-state index contributed by atoms with van der Waals surface area (Å²) < 4.78 is 5.46. The van der Waals surface area contributed by atoms with E-state index in [0.29, 0.717) is 17.9 Å². The van der Waals surface area contributed by atoms with Crippen LogP contribution < -0.4 is 10.6 Å². The van der Waals surface area contributed by atoms with Gasteiger partial charge >= 0.3 is 0 Å². The van der Waals surface area contributed by atoms with E-state index in [9.17, 15) is 4.79 Å². The number of ether oxygens (including phenoxy) is 1. The van der Waals surface area contributed by atoms with Crippen LogP contribution in [0.2, 0.25) is 0 Å². The molecule has 1 amide bonds. The third-order valence-electron chi connectivity index (χ3n) is 5.32. The summed E-state index contributed by atoms with van der Waals surface area (Å²) >= 11 is 0. The smallest absolute Gasteiger partial charge is 0.237 e. The lowest BCUT2D eigenvalue weighted by Crippen LogP contribution is -2.58. The molecule has 0 aromatic heterocycles. The summed E-state index contributed by atoms with van der Waals surface area (Å²) in [5, 5.41) is 6.75. The molecule has 3 unspecified atom stereocenters. The van der Waals surface area contributed by atoms with Crippen molar-refractivity contribution in [2.75, 3.05) is 39.4 Å². The minimum absolute atomic E-state index is 0. The van der Waals surface area contributed by atoms with Crippen LogP contribution in [0.4, 0.5) is 0 Å². The van der Waals surface area contributed by atoms with Crippen LogP contribution in [0.25, 0.3) is 0 Å². The van der Waals surface area contributed by atoms with Crippen molar-refractivity contribution < 1.29 is 9.53 Å². The van der Waals surface area contributed by atoms with E-state index in [4.69, 9.17) is 4.74 Å². The van der Waals surface area contributed by atoms with E-state index < -0.39 is 0 Å². The highest BCUT2D eigenvalue weighted by atomic mass is 35.5. The topological polar surface area (TPSA) is 53.6 Å². The fourth-order valence-electron chi connectivity index (χ4n) is 3.77. The second-order valence-electron chi connectivity index (χ2n) is 6.75. The van der Waals surface area contributed by atoms with E-state index in [-0.39, 0.29) is 36.8 Å². The average Bonchev–Trinajstić information content (AvgIpc) is 2.55. The molecule has 2 fully saturated rings. The molecular weight excluding hydrogens is 349 g/mol. The first-order valence-electron chi connectivity index (χ1n) is 9.00. The molecule has 0 aliphatic carbocycles. The van der Waals surface area contributed by atoms with Crippen molar-refractivity contribution in [1.82, 2.24) is 15.5 Å². The second kappa shape index (κ2) is 12.3. The quantitative estimate of drug-likeness (QED) is 0.736. The molecule has 2 saturated heterocycles. The first kappa shape index (κ1) is 23.9. The van der Waals surface area contributed by atoms with Gasteiger partial charge in [-0.25, -0.2) is 0 Å². The van der Waals surface area contributed by atoms with Crippen LogP contribution in [-0.4, -0.2) is 62.3 Å². The Kier molecular flexibility index (Phi) is 12.3. The van der Waals surface area contributed by atoms with Gasteiger partial charge in [0.1, 0.15) is 0 Å². The lowest BCUT2D eigenvalue weighted by Gasteiger charge is -2.39. The van der Waals surface area contributed by atoms with Crippen molar-refractivity contribution >= 4 is 30.7 Å². The number of halogens is 2. The monoisotopic (exact) mass is 383 g/mol. The van der Waals surface area contributed by atoms with Crippen molar-refractivity contribution in [3.63, 3.8) is 0 Å². The van der Waals surface area contributed by atoms with E-state index in [2.05, 4.69) is 36.3 Å². The SMILES string of the molecule is CCC(CC)C(C(=O)NC1CCNCC1C)N1CCOCC1.Cl.Cl. The van der Waals surface area contributed by atoms with Crippen LogP contribution in [-0.2, 0) is 9.53 Å².